The third kappa shape index (κ3) is 2.68. The van der Waals surface area contributed by atoms with Gasteiger partial charge in [0.1, 0.15) is 5.82 Å². The van der Waals surface area contributed by atoms with E-state index in [-0.39, 0.29) is 23.6 Å². The van der Waals surface area contributed by atoms with Crippen molar-refractivity contribution < 1.29 is 18.3 Å². The Morgan fingerprint density at radius 3 is 2.32 bits per heavy atom. The molecule has 0 aliphatic carbocycles. The number of aromatic nitrogens is 1. The molecule has 0 atom stereocenters. The molecular weight excluding hydrogens is 257 g/mol. The number of nitrogens with two attached hydrogens (primary N) is 1. The smallest absolute Gasteiger partial charge is 0.390 e. The van der Waals surface area contributed by atoms with E-state index < -0.39 is 11.7 Å². The quantitative estimate of drug-likeness (QED) is 0.880. The lowest BCUT2D eigenvalue weighted by atomic mass is 9.99. The van der Waals surface area contributed by atoms with Crippen LogP contribution >= 0.6 is 0 Å². The number of benzene rings is 1. The minimum absolute atomic E-state index is 0.0236. The number of aliphatic hydroxyl groups excluding tert-OH is 1. The first kappa shape index (κ1) is 13.4. The Kier molecular flexibility index (Phi) is 3.44. The zero-order valence-electron chi connectivity index (χ0n) is 9.78. The minimum Gasteiger partial charge on any atom is -0.390 e. The summed E-state index contributed by atoms with van der Waals surface area (Å²) in [6.45, 7) is -0.314. The van der Waals surface area contributed by atoms with Gasteiger partial charge in [0.15, 0.2) is 0 Å². The summed E-state index contributed by atoms with van der Waals surface area (Å²) in [5.41, 5.74) is 5.37. The van der Waals surface area contributed by atoms with Crippen molar-refractivity contribution in [2.75, 3.05) is 5.73 Å². The van der Waals surface area contributed by atoms with E-state index in [4.69, 9.17) is 10.8 Å². The van der Waals surface area contributed by atoms with E-state index in [1.165, 1.54) is 30.3 Å². The molecule has 1 aromatic heterocycles. The van der Waals surface area contributed by atoms with E-state index in [0.29, 0.717) is 5.69 Å². The van der Waals surface area contributed by atoms with E-state index in [1.54, 1.807) is 0 Å². The van der Waals surface area contributed by atoms with Crippen molar-refractivity contribution in [3.8, 4) is 11.1 Å². The second-order valence-electron chi connectivity index (χ2n) is 3.94. The maximum Gasteiger partial charge on any atom is 0.417 e. The van der Waals surface area contributed by atoms with Crippen molar-refractivity contribution in [3.63, 3.8) is 0 Å². The Labute approximate surface area is 107 Å². The van der Waals surface area contributed by atoms with Gasteiger partial charge in [-0.3, -0.25) is 0 Å². The van der Waals surface area contributed by atoms with Crippen LogP contribution in [0.5, 0.6) is 0 Å². The molecule has 0 saturated carbocycles. The SMILES string of the molecule is Nc1nc(CO)ccc1-c1ccccc1C(F)(F)F. The van der Waals surface area contributed by atoms with Gasteiger partial charge in [0.2, 0.25) is 0 Å². The summed E-state index contributed by atoms with van der Waals surface area (Å²) in [5, 5.41) is 8.91. The molecule has 0 radical (unpaired) electrons. The normalized spacial score (nSPS) is 11.6. The topological polar surface area (TPSA) is 59.1 Å². The van der Waals surface area contributed by atoms with Crippen LogP contribution in [-0.4, -0.2) is 10.1 Å². The van der Waals surface area contributed by atoms with Crippen LogP contribution in [0.4, 0.5) is 19.0 Å². The van der Waals surface area contributed by atoms with E-state index in [9.17, 15) is 13.2 Å². The van der Waals surface area contributed by atoms with Gasteiger partial charge in [0.25, 0.3) is 0 Å². The first-order valence-corrected chi connectivity index (χ1v) is 5.46. The van der Waals surface area contributed by atoms with Gasteiger partial charge in [0.05, 0.1) is 17.9 Å². The van der Waals surface area contributed by atoms with E-state index >= 15 is 0 Å². The summed E-state index contributed by atoms with van der Waals surface area (Å²) in [4.78, 5) is 3.85. The Bertz CT molecular complexity index is 597. The number of hydrogen-bond donors (Lipinski definition) is 2. The van der Waals surface area contributed by atoms with Crippen molar-refractivity contribution in [2.24, 2.45) is 0 Å². The van der Waals surface area contributed by atoms with Crippen LogP contribution in [-0.2, 0) is 12.8 Å². The van der Waals surface area contributed by atoms with Crippen molar-refractivity contribution in [3.05, 3.63) is 47.7 Å². The summed E-state index contributed by atoms with van der Waals surface area (Å²) in [6.07, 6.45) is -4.46. The maximum atomic E-state index is 12.9. The Hall–Kier alpha value is -2.08. The monoisotopic (exact) mass is 268 g/mol. The number of alkyl halides is 3. The number of hydrogen-bond acceptors (Lipinski definition) is 3. The number of pyridine rings is 1. The molecule has 0 aliphatic heterocycles. The molecule has 19 heavy (non-hydrogen) atoms. The molecule has 0 saturated heterocycles. The van der Waals surface area contributed by atoms with Crippen LogP contribution in [0.25, 0.3) is 11.1 Å². The third-order valence-corrected chi connectivity index (χ3v) is 2.67. The molecule has 0 spiro atoms. The Balaban J connectivity index is 2.60. The second-order valence-corrected chi connectivity index (χ2v) is 3.94. The molecule has 1 aromatic carbocycles. The molecule has 2 rings (SSSR count). The highest BCUT2D eigenvalue weighted by Crippen LogP contribution is 2.38. The molecule has 3 N–H and O–H groups in total. The largest absolute Gasteiger partial charge is 0.417 e. The average Bonchev–Trinajstić information content (AvgIpc) is 2.37. The standard InChI is InChI=1S/C13H11F3N2O/c14-13(15,16)11-4-2-1-3-9(11)10-6-5-8(7-19)18-12(10)17/h1-6,19H,7H2,(H2,17,18). The van der Waals surface area contributed by atoms with Crippen LogP contribution < -0.4 is 5.73 Å². The Morgan fingerprint density at radius 2 is 1.74 bits per heavy atom. The lowest BCUT2D eigenvalue weighted by Gasteiger charge is -2.14. The molecule has 0 bridgehead atoms. The minimum atomic E-state index is -4.46. The summed E-state index contributed by atoms with van der Waals surface area (Å²) in [7, 11) is 0. The molecule has 6 heteroatoms. The van der Waals surface area contributed by atoms with E-state index in [2.05, 4.69) is 4.98 Å². The fourth-order valence-electron chi connectivity index (χ4n) is 1.80. The molecule has 0 fully saturated rings. The zero-order valence-corrected chi connectivity index (χ0v) is 9.78. The first-order chi connectivity index (χ1) is 8.93. The molecule has 2 aromatic rings. The molecule has 0 amide bonds. The zero-order chi connectivity index (χ0) is 14.0. The maximum absolute atomic E-state index is 12.9. The van der Waals surface area contributed by atoms with E-state index in [1.807, 2.05) is 0 Å². The molecule has 3 nitrogen and oxygen atoms in total. The van der Waals surface area contributed by atoms with E-state index in [0.717, 1.165) is 6.07 Å². The van der Waals surface area contributed by atoms with Crippen molar-refractivity contribution in [1.82, 2.24) is 4.98 Å². The fraction of sp³-hybridized carbons (Fsp3) is 0.154. The highest BCUT2D eigenvalue weighted by Gasteiger charge is 2.33. The van der Waals surface area contributed by atoms with Gasteiger partial charge in [-0.2, -0.15) is 13.2 Å². The van der Waals surface area contributed by atoms with Crippen molar-refractivity contribution >= 4 is 5.82 Å². The van der Waals surface area contributed by atoms with Crippen molar-refractivity contribution in [1.29, 1.82) is 0 Å². The number of nitrogen functional groups attached to an aromatic ring is 1. The first-order valence-electron chi connectivity index (χ1n) is 5.46. The van der Waals surface area contributed by atoms with Crippen LogP contribution in [0, 0.1) is 0 Å². The van der Waals surface area contributed by atoms with Gasteiger partial charge >= 0.3 is 6.18 Å². The molecule has 100 valence electrons. The Morgan fingerprint density at radius 1 is 1.05 bits per heavy atom. The van der Waals surface area contributed by atoms with Crippen LogP contribution in [0.3, 0.4) is 0 Å². The number of rotatable bonds is 2. The summed E-state index contributed by atoms with van der Waals surface area (Å²) in [6, 6.07) is 8.03. The summed E-state index contributed by atoms with van der Waals surface area (Å²) < 4.78 is 38.7. The van der Waals surface area contributed by atoms with Gasteiger partial charge in [-0.1, -0.05) is 18.2 Å². The third-order valence-electron chi connectivity index (χ3n) is 2.67. The molecule has 1 heterocycles. The fourth-order valence-corrected chi connectivity index (χ4v) is 1.80. The average molecular weight is 268 g/mol. The number of halogens is 3. The predicted molar refractivity (Wildman–Crippen MR) is 65.0 cm³/mol. The highest BCUT2D eigenvalue weighted by atomic mass is 19.4. The molecular formula is C13H11F3N2O. The van der Waals surface area contributed by atoms with Crippen molar-refractivity contribution in [2.45, 2.75) is 12.8 Å². The van der Waals surface area contributed by atoms with Crippen LogP contribution in [0.1, 0.15) is 11.3 Å². The van der Waals surface area contributed by atoms with Gasteiger partial charge in [-0.05, 0) is 23.8 Å². The lowest BCUT2D eigenvalue weighted by molar-refractivity contribution is -0.137. The molecule has 0 aliphatic rings. The van der Waals surface area contributed by atoms with Crippen LogP contribution in [0.2, 0.25) is 0 Å². The van der Waals surface area contributed by atoms with Gasteiger partial charge in [-0.15, -0.1) is 0 Å². The van der Waals surface area contributed by atoms with Gasteiger partial charge in [-0.25, -0.2) is 4.98 Å². The number of nitrogens with zero attached hydrogens (tertiary/aromatic N) is 1. The highest BCUT2D eigenvalue weighted by molar-refractivity contribution is 5.76. The second kappa shape index (κ2) is 4.89. The summed E-state index contributed by atoms with van der Waals surface area (Å²) >= 11 is 0. The number of anilines is 1. The predicted octanol–water partition coefficient (Wildman–Crippen LogP) is 2.84. The summed E-state index contributed by atoms with van der Waals surface area (Å²) in [5.74, 6) is -0.0387. The van der Waals surface area contributed by atoms with Crippen LogP contribution in [0.15, 0.2) is 36.4 Å². The van der Waals surface area contributed by atoms with Gasteiger partial charge < -0.3 is 10.8 Å². The molecule has 0 unspecified atom stereocenters. The number of aliphatic hydroxyl groups is 1. The van der Waals surface area contributed by atoms with Gasteiger partial charge in [0, 0.05) is 5.56 Å². The lowest BCUT2D eigenvalue weighted by Crippen LogP contribution is -2.08.